The number of benzene rings is 2. The Bertz CT molecular complexity index is 1800. The predicted molar refractivity (Wildman–Crippen MR) is 162 cm³/mol. The molecule has 0 atom stereocenters. The number of hydrogen-bond acceptors (Lipinski definition) is 6. The minimum absolute atomic E-state index is 0.0950. The van der Waals surface area contributed by atoms with Gasteiger partial charge in [-0.25, -0.2) is 9.97 Å². The van der Waals surface area contributed by atoms with Crippen LogP contribution in [0.5, 0.6) is 0 Å². The lowest BCUT2D eigenvalue weighted by molar-refractivity contribution is -0.138. The van der Waals surface area contributed by atoms with Gasteiger partial charge in [-0.3, -0.25) is 9.69 Å². The standard InChI is InChI=1S/C33H33F3N6O2/c1-21-4-5-22(16-25(21)17-29-30-28(8-10-41(30)3)38-31(39-29)24-9-15-44-20-24)32(43)37-26-7-6-23(27(18-26)33(34,35)36)19-42-13-11-40(2)12-14-42/h4-10,15-16,18,20H,11-14,17,19H2,1-3H3,(H,37,43). The minimum Gasteiger partial charge on any atom is -0.472 e. The molecule has 0 unspecified atom stereocenters. The van der Waals surface area contributed by atoms with Gasteiger partial charge >= 0.3 is 6.18 Å². The van der Waals surface area contributed by atoms with Crippen LogP contribution >= 0.6 is 0 Å². The second-order valence-corrected chi connectivity index (χ2v) is 11.4. The van der Waals surface area contributed by atoms with Crippen molar-refractivity contribution in [3.05, 3.63) is 101 Å². The second kappa shape index (κ2) is 11.9. The van der Waals surface area contributed by atoms with Gasteiger partial charge in [-0.05, 0) is 67.1 Å². The molecule has 1 aliphatic heterocycles. The number of anilines is 1. The number of hydrogen-bond donors (Lipinski definition) is 1. The summed E-state index contributed by atoms with van der Waals surface area (Å²) in [6.45, 7) is 5.19. The minimum atomic E-state index is -4.55. The summed E-state index contributed by atoms with van der Waals surface area (Å²) in [5.41, 5.74) is 4.94. The lowest BCUT2D eigenvalue weighted by Crippen LogP contribution is -2.44. The molecule has 6 rings (SSSR count). The van der Waals surface area contributed by atoms with Crippen LogP contribution in [-0.2, 0) is 26.2 Å². The quantitative estimate of drug-likeness (QED) is 0.241. The molecule has 228 valence electrons. The first kappa shape index (κ1) is 29.6. The number of nitrogens with zero attached hydrogens (tertiary/aromatic N) is 5. The molecule has 0 spiro atoms. The van der Waals surface area contributed by atoms with Crippen LogP contribution in [0.4, 0.5) is 18.9 Å². The van der Waals surface area contributed by atoms with Gasteiger partial charge in [0, 0.05) is 63.6 Å². The number of piperazine rings is 1. The van der Waals surface area contributed by atoms with E-state index in [2.05, 4.69) is 15.2 Å². The molecule has 5 aromatic rings. The highest BCUT2D eigenvalue weighted by atomic mass is 19.4. The Morgan fingerprint density at radius 2 is 1.77 bits per heavy atom. The first-order chi connectivity index (χ1) is 21.0. The van der Waals surface area contributed by atoms with Gasteiger partial charge in [-0.1, -0.05) is 12.1 Å². The van der Waals surface area contributed by atoms with Crippen LogP contribution in [0, 0.1) is 6.92 Å². The van der Waals surface area contributed by atoms with Gasteiger partial charge in [0.25, 0.3) is 5.91 Å². The Hall–Kier alpha value is -4.48. The zero-order chi connectivity index (χ0) is 31.0. The molecule has 4 heterocycles. The normalized spacial score (nSPS) is 14.8. The Morgan fingerprint density at radius 1 is 0.977 bits per heavy atom. The number of likely N-dealkylation sites (N-methyl/N-ethyl adjacent to an activating group) is 1. The molecule has 0 bridgehead atoms. The number of carbonyl (C=O) groups excluding carboxylic acids is 1. The van der Waals surface area contributed by atoms with Crippen molar-refractivity contribution in [1.29, 1.82) is 0 Å². The summed E-state index contributed by atoms with van der Waals surface area (Å²) in [7, 11) is 3.93. The van der Waals surface area contributed by atoms with Crippen LogP contribution in [0.2, 0.25) is 0 Å². The molecule has 8 nitrogen and oxygen atoms in total. The molecule has 3 aromatic heterocycles. The van der Waals surface area contributed by atoms with Crippen molar-refractivity contribution in [3.63, 3.8) is 0 Å². The SMILES string of the molecule is Cc1ccc(C(=O)Nc2ccc(CN3CCN(C)CC3)c(C(F)(F)F)c2)cc1Cc1nc(-c2ccoc2)nc2ccn(C)c12. The number of alkyl halides is 3. The van der Waals surface area contributed by atoms with Crippen LogP contribution in [-0.4, -0.2) is 63.5 Å². The van der Waals surface area contributed by atoms with Gasteiger partial charge in [-0.2, -0.15) is 13.2 Å². The van der Waals surface area contributed by atoms with Crippen molar-refractivity contribution in [1.82, 2.24) is 24.3 Å². The monoisotopic (exact) mass is 602 g/mol. The molecule has 1 fully saturated rings. The van der Waals surface area contributed by atoms with E-state index in [9.17, 15) is 18.0 Å². The topological polar surface area (TPSA) is 79.4 Å². The third-order valence-electron chi connectivity index (χ3n) is 8.20. The second-order valence-electron chi connectivity index (χ2n) is 11.4. The van der Waals surface area contributed by atoms with E-state index in [1.54, 1.807) is 30.7 Å². The maximum atomic E-state index is 14.1. The molecule has 11 heteroatoms. The lowest BCUT2D eigenvalue weighted by Gasteiger charge is -2.33. The molecular weight excluding hydrogens is 569 g/mol. The number of amides is 1. The molecule has 2 aromatic carbocycles. The van der Waals surface area contributed by atoms with Crippen molar-refractivity contribution >= 4 is 22.6 Å². The number of fused-ring (bicyclic) bond motifs is 1. The summed E-state index contributed by atoms with van der Waals surface area (Å²) >= 11 is 0. The smallest absolute Gasteiger partial charge is 0.416 e. The van der Waals surface area contributed by atoms with Crippen LogP contribution in [0.15, 0.2) is 71.7 Å². The number of rotatable bonds is 7. The predicted octanol–water partition coefficient (Wildman–Crippen LogP) is 6.15. The van der Waals surface area contributed by atoms with E-state index in [1.807, 2.05) is 48.8 Å². The average Bonchev–Trinajstić information content (AvgIpc) is 3.66. The van der Waals surface area contributed by atoms with Crippen molar-refractivity contribution < 1.29 is 22.4 Å². The fourth-order valence-electron chi connectivity index (χ4n) is 5.61. The molecule has 1 aliphatic rings. The van der Waals surface area contributed by atoms with Crippen LogP contribution < -0.4 is 5.32 Å². The lowest BCUT2D eigenvalue weighted by atomic mass is 9.99. The van der Waals surface area contributed by atoms with Gasteiger partial charge in [0.2, 0.25) is 0 Å². The summed E-state index contributed by atoms with van der Waals surface area (Å²) in [4.78, 5) is 27.0. The molecule has 0 radical (unpaired) electrons. The van der Waals surface area contributed by atoms with E-state index in [0.29, 0.717) is 30.9 Å². The van der Waals surface area contributed by atoms with Gasteiger partial charge in [0.05, 0.1) is 34.1 Å². The van der Waals surface area contributed by atoms with E-state index < -0.39 is 17.6 Å². The van der Waals surface area contributed by atoms with Gasteiger partial charge in [-0.15, -0.1) is 0 Å². The number of aryl methyl sites for hydroxylation is 2. The Kier molecular flexibility index (Phi) is 8.00. The Morgan fingerprint density at radius 3 is 2.50 bits per heavy atom. The highest BCUT2D eigenvalue weighted by molar-refractivity contribution is 6.04. The van der Waals surface area contributed by atoms with Gasteiger partial charge in [0.15, 0.2) is 5.82 Å². The summed E-state index contributed by atoms with van der Waals surface area (Å²) in [5.74, 6) is 0.0486. The van der Waals surface area contributed by atoms with E-state index >= 15 is 0 Å². The number of furan rings is 1. The molecule has 1 N–H and O–H groups in total. The van der Waals surface area contributed by atoms with E-state index in [0.717, 1.165) is 52.6 Å². The summed E-state index contributed by atoms with van der Waals surface area (Å²) < 4.78 is 49.4. The third kappa shape index (κ3) is 6.24. The van der Waals surface area contributed by atoms with Crippen molar-refractivity contribution in [2.24, 2.45) is 7.05 Å². The van der Waals surface area contributed by atoms with Crippen molar-refractivity contribution in [3.8, 4) is 11.4 Å². The fourth-order valence-corrected chi connectivity index (χ4v) is 5.61. The third-order valence-corrected chi connectivity index (χ3v) is 8.20. The molecule has 1 saturated heterocycles. The summed E-state index contributed by atoms with van der Waals surface area (Å²) in [6, 6.07) is 13.0. The molecule has 0 aliphatic carbocycles. The van der Waals surface area contributed by atoms with E-state index in [-0.39, 0.29) is 17.8 Å². The number of nitrogens with one attached hydrogen (secondary N) is 1. The van der Waals surface area contributed by atoms with Crippen molar-refractivity contribution in [2.45, 2.75) is 26.1 Å². The fraction of sp³-hybridized carbons (Fsp3) is 0.303. The first-order valence-corrected chi connectivity index (χ1v) is 14.4. The Balaban J connectivity index is 1.25. The van der Waals surface area contributed by atoms with Gasteiger partial charge < -0.3 is 19.2 Å². The molecule has 1 amide bonds. The van der Waals surface area contributed by atoms with Crippen LogP contribution in [0.1, 0.15) is 38.3 Å². The van der Waals surface area contributed by atoms with Gasteiger partial charge in [0.1, 0.15) is 6.26 Å². The average molecular weight is 603 g/mol. The van der Waals surface area contributed by atoms with E-state index in [1.165, 1.54) is 12.1 Å². The maximum absolute atomic E-state index is 14.1. The summed E-state index contributed by atoms with van der Waals surface area (Å²) in [5, 5.41) is 2.68. The number of carbonyl (C=O) groups is 1. The number of halogens is 3. The van der Waals surface area contributed by atoms with E-state index in [4.69, 9.17) is 9.40 Å². The zero-order valence-corrected chi connectivity index (χ0v) is 24.8. The maximum Gasteiger partial charge on any atom is 0.416 e. The largest absolute Gasteiger partial charge is 0.472 e. The highest BCUT2D eigenvalue weighted by Gasteiger charge is 2.34. The number of aromatic nitrogens is 3. The summed E-state index contributed by atoms with van der Waals surface area (Å²) in [6.07, 6.45) is 0.957. The van der Waals surface area contributed by atoms with Crippen LogP contribution in [0.25, 0.3) is 22.4 Å². The van der Waals surface area contributed by atoms with Crippen molar-refractivity contribution in [2.75, 3.05) is 38.5 Å². The highest BCUT2D eigenvalue weighted by Crippen LogP contribution is 2.35. The zero-order valence-electron chi connectivity index (χ0n) is 24.8. The molecule has 44 heavy (non-hydrogen) atoms. The molecule has 0 saturated carbocycles. The Labute approximate surface area is 253 Å². The van der Waals surface area contributed by atoms with Crippen LogP contribution in [0.3, 0.4) is 0 Å². The first-order valence-electron chi connectivity index (χ1n) is 14.4. The molecular formula is C33H33F3N6O2.